The molecule has 0 heterocycles. The fourth-order valence-corrected chi connectivity index (χ4v) is 1.35. The maximum Gasteiger partial charge on any atom is 0.138 e. The molecule has 0 saturated heterocycles. The fourth-order valence-electron chi connectivity index (χ4n) is 1.35. The van der Waals surface area contributed by atoms with Crippen molar-refractivity contribution in [1.82, 2.24) is 0 Å². The second kappa shape index (κ2) is 4.57. The lowest BCUT2D eigenvalue weighted by Gasteiger charge is -2.27. The van der Waals surface area contributed by atoms with E-state index >= 15 is 0 Å². The smallest absolute Gasteiger partial charge is 0.138 e. The van der Waals surface area contributed by atoms with Crippen LogP contribution in [0.2, 0.25) is 0 Å². The number of hydrogen-bond acceptors (Lipinski definition) is 2. The fraction of sp³-hybridized carbons (Fsp3) is 0.333. The third-order valence-corrected chi connectivity index (χ3v) is 2.08. The van der Waals surface area contributed by atoms with E-state index in [2.05, 4.69) is 5.92 Å². The summed E-state index contributed by atoms with van der Waals surface area (Å²) in [6.45, 7) is 4.60. The van der Waals surface area contributed by atoms with Crippen molar-refractivity contribution in [2.45, 2.75) is 19.9 Å². The molecular formula is C12H15NO. The summed E-state index contributed by atoms with van der Waals surface area (Å²) >= 11 is 0. The van der Waals surface area contributed by atoms with Gasteiger partial charge in [-0.25, -0.2) is 0 Å². The number of hydrogen-bond donors (Lipinski definition) is 1. The molecule has 0 atom stereocenters. The molecule has 0 aliphatic heterocycles. The Morgan fingerprint density at radius 1 is 1.43 bits per heavy atom. The van der Waals surface area contributed by atoms with Gasteiger partial charge in [-0.15, -0.1) is 6.42 Å². The van der Waals surface area contributed by atoms with E-state index in [9.17, 15) is 5.11 Å². The zero-order valence-corrected chi connectivity index (χ0v) is 8.57. The Balaban J connectivity index is 3.00. The van der Waals surface area contributed by atoms with Gasteiger partial charge in [-0.2, -0.15) is 0 Å². The summed E-state index contributed by atoms with van der Waals surface area (Å²) in [6, 6.07) is 7.50. The van der Waals surface area contributed by atoms with Crippen molar-refractivity contribution in [1.29, 1.82) is 0 Å². The van der Waals surface area contributed by atoms with Gasteiger partial charge in [-0.1, -0.05) is 18.1 Å². The summed E-state index contributed by atoms with van der Waals surface area (Å²) in [5.74, 6) is 2.86. The number of phenols is 1. The zero-order valence-electron chi connectivity index (χ0n) is 8.57. The number of nitrogens with zero attached hydrogens (tertiary/aromatic N) is 1. The van der Waals surface area contributed by atoms with Crippen molar-refractivity contribution < 1.29 is 5.11 Å². The number of anilines is 1. The second-order valence-electron chi connectivity index (χ2n) is 3.41. The second-order valence-corrected chi connectivity index (χ2v) is 3.41. The maximum absolute atomic E-state index is 9.65. The van der Waals surface area contributed by atoms with Crippen LogP contribution in [0.25, 0.3) is 0 Å². The van der Waals surface area contributed by atoms with Crippen LogP contribution in [0.4, 0.5) is 5.69 Å². The van der Waals surface area contributed by atoms with Crippen molar-refractivity contribution in [3.63, 3.8) is 0 Å². The van der Waals surface area contributed by atoms with Crippen LogP contribution in [0, 0.1) is 12.3 Å². The monoisotopic (exact) mass is 189 g/mol. The van der Waals surface area contributed by atoms with Gasteiger partial charge in [0.05, 0.1) is 12.2 Å². The predicted molar refractivity (Wildman–Crippen MR) is 59.4 cm³/mol. The van der Waals surface area contributed by atoms with Gasteiger partial charge in [0.2, 0.25) is 0 Å². The van der Waals surface area contributed by atoms with Crippen molar-refractivity contribution in [2.75, 3.05) is 11.4 Å². The van der Waals surface area contributed by atoms with E-state index in [1.165, 1.54) is 0 Å². The lowest BCUT2D eigenvalue weighted by Crippen LogP contribution is -2.30. The molecule has 0 saturated carbocycles. The van der Waals surface area contributed by atoms with Gasteiger partial charge in [0.1, 0.15) is 5.75 Å². The first kappa shape index (κ1) is 10.5. The van der Waals surface area contributed by atoms with Crippen LogP contribution in [-0.4, -0.2) is 17.7 Å². The maximum atomic E-state index is 9.65. The topological polar surface area (TPSA) is 23.5 Å². The van der Waals surface area contributed by atoms with Crippen molar-refractivity contribution in [2.24, 2.45) is 0 Å². The highest BCUT2D eigenvalue weighted by molar-refractivity contribution is 5.58. The molecule has 74 valence electrons. The molecule has 1 rings (SSSR count). The summed E-state index contributed by atoms with van der Waals surface area (Å²) in [4.78, 5) is 1.98. The molecule has 0 aliphatic carbocycles. The number of benzene rings is 1. The van der Waals surface area contributed by atoms with Crippen LogP contribution in [0.15, 0.2) is 24.3 Å². The summed E-state index contributed by atoms with van der Waals surface area (Å²) in [7, 11) is 0. The Kier molecular flexibility index (Phi) is 3.41. The molecular weight excluding hydrogens is 174 g/mol. The van der Waals surface area contributed by atoms with E-state index < -0.39 is 0 Å². The lowest BCUT2D eigenvalue weighted by atomic mass is 10.2. The van der Waals surface area contributed by atoms with Crippen LogP contribution >= 0.6 is 0 Å². The molecule has 2 nitrogen and oxygen atoms in total. The van der Waals surface area contributed by atoms with E-state index in [0.29, 0.717) is 6.54 Å². The van der Waals surface area contributed by atoms with Crippen LogP contribution in [-0.2, 0) is 0 Å². The van der Waals surface area contributed by atoms with Crippen molar-refractivity contribution in [3.8, 4) is 18.1 Å². The molecule has 1 aromatic carbocycles. The number of aromatic hydroxyl groups is 1. The van der Waals surface area contributed by atoms with Gasteiger partial charge in [-0.05, 0) is 26.0 Å². The highest BCUT2D eigenvalue weighted by Crippen LogP contribution is 2.27. The van der Waals surface area contributed by atoms with Gasteiger partial charge >= 0.3 is 0 Å². The third-order valence-electron chi connectivity index (χ3n) is 2.08. The van der Waals surface area contributed by atoms with Crippen molar-refractivity contribution in [3.05, 3.63) is 24.3 Å². The minimum absolute atomic E-state index is 0.274. The first-order valence-corrected chi connectivity index (χ1v) is 4.65. The van der Waals surface area contributed by atoms with Gasteiger partial charge in [0.15, 0.2) is 0 Å². The Morgan fingerprint density at radius 2 is 2.07 bits per heavy atom. The number of terminal acetylenes is 1. The van der Waals surface area contributed by atoms with Crippen molar-refractivity contribution >= 4 is 5.69 Å². The largest absolute Gasteiger partial charge is 0.506 e. The Bertz CT molecular complexity index is 338. The summed E-state index contributed by atoms with van der Waals surface area (Å²) in [5.41, 5.74) is 0.792. The van der Waals surface area contributed by atoms with Gasteiger partial charge in [-0.3, -0.25) is 0 Å². The van der Waals surface area contributed by atoms with E-state index in [1.54, 1.807) is 12.1 Å². The standard InChI is InChI=1S/C12H15NO/c1-4-9-13(10(2)3)11-7-5-6-8-12(11)14/h1,5-8,10,14H,9H2,2-3H3. The van der Waals surface area contributed by atoms with Gasteiger partial charge < -0.3 is 10.0 Å². The first-order valence-electron chi connectivity index (χ1n) is 4.65. The summed E-state index contributed by atoms with van der Waals surface area (Å²) < 4.78 is 0. The summed E-state index contributed by atoms with van der Waals surface area (Å²) in [5, 5.41) is 9.65. The Hall–Kier alpha value is -1.62. The first-order chi connectivity index (χ1) is 6.66. The molecule has 1 aromatic rings. The quantitative estimate of drug-likeness (QED) is 0.737. The number of rotatable bonds is 3. The third kappa shape index (κ3) is 2.20. The molecule has 1 N–H and O–H groups in total. The predicted octanol–water partition coefficient (Wildman–Crippen LogP) is 2.24. The summed E-state index contributed by atoms with van der Waals surface area (Å²) in [6.07, 6.45) is 5.28. The van der Waals surface area contributed by atoms with Crippen LogP contribution in [0.1, 0.15) is 13.8 Å². The van der Waals surface area contributed by atoms with E-state index in [1.807, 2.05) is 30.9 Å². The van der Waals surface area contributed by atoms with Crippen LogP contribution in [0.5, 0.6) is 5.75 Å². The molecule has 0 fully saturated rings. The molecule has 0 aliphatic rings. The molecule has 0 aromatic heterocycles. The average molecular weight is 189 g/mol. The van der Waals surface area contributed by atoms with Gasteiger partial charge in [0, 0.05) is 6.04 Å². The lowest BCUT2D eigenvalue weighted by molar-refractivity contribution is 0.472. The highest BCUT2D eigenvalue weighted by atomic mass is 16.3. The molecule has 2 heteroatoms. The minimum atomic E-state index is 0.274. The van der Waals surface area contributed by atoms with Crippen LogP contribution in [0.3, 0.4) is 0 Å². The molecule has 0 radical (unpaired) electrons. The normalized spacial score (nSPS) is 9.86. The molecule has 0 unspecified atom stereocenters. The molecule has 0 bridgehead atoms. The SMILES string of the molecule is C#CCN(c1ccccc1O)C(C)C. The van der Waals surface area contributed by atoms with E-state index in [-0.39, 0.29) is 11.8 Å². The van der Waals surface area contributed by atoms with E-state index in [4.69, 9.17) is 6.42 Å². The van der Waals surface area contributed by atoms with Gasteiger partial charge in [0.25, 0.3) is 0 Å². The molecule has 0 spiro atoms. The van der Waals surface area contributed by atoms with Crippen LogP contribution < -0.4 is 4.90 Å². The minimum Gasteiger partial charge on any atom is -0.506 e. The Morgan fingerprint density at radius 3 is 2.57 bits per heavy atom. The molecule has 0 amide bonds. The molecule has 14 heavy (non-hydrogen) atoms. The van der Waals surface area contributed by atoms with E-state index in [0.717, 1.165) is 5.69 Å². The number of para-hydroxylation sites is 2. The Labute approximate surface area is 85.2 Å². The average Bonchev–Trinajstić information content (AvgIpc) is 2.15. The highest BCUT2D eigenvalue weighted by Gasteiger charge is 2.11. The number of phenolic OH excluding ortho intramolecular Hbond substituents is 1. The zero-order chi connectivity index (χ0) is 10.6.